The Bertz CT molecular complexity index is 558. The Morgan fingerprint density at radius 2 is 2.35 bits per heavy atom. The van der Waals surface area contributed by atoms with Crippen molar-refractivity contribution in [3.05, 3.63) is 18.2 Å². The number of ether oxygens (including phenoxy) is 1. The van der Waals surface area contributed by atoms with E-state index in [4.69, 9.17) is 4.74 Å². The molecule has 1 aromatic carbocycles. The quantitative estimate of drug-likeness (QED) is 0.758. The molecule has 7 heteroatoms. The van der Waals surface area contributed by atoms with Crippen LogP contribution in [0, 0.1) is 0 Å². The lowest BCUT2D eigenvalue weighted by molar-refractivity contribution is -0.122. The molecule has 2 aliphatic heterocycles. The molecule has 0 saturated carbocycles. The number of fused-ring (bicyclic) bond motifs is 1. The third-order valence-corrected chi connectivity index (χ3v) is 4.18. The molecule has 0 aromatic heterocycles. The van der Waals surface area contributed by atoms with Crippen molar-refractivity contribution >= 4 is 35.0 Å². The van der Waals surface area contributed by atoms with E-state index in [1.807, 2.05) is 0 Å². The van der Waals surface area contributed by atoms with Crippen LogP contribution in [0.2, 0.25) is 0 Å². The Balaban J connectivity index is 1.82. The van der Waals surface area contributed by atoms with Gasteiger partial charge in [-0.3, -0.25) is 14.9 Å². The van der Waals surface area contributed by atoms with Gasteiger partial charge in [-0.1, -0.05) is 6.07 Å². The molecular weight excluding hydrogens is 278 g/mol. The fourth-order valence-corrected chi connectivity index (χ4v) is 3.06. The maximum Gasteiger partial charge on any atom is 0.265 e. The molecule has 6 nitrogen and oxygen atoms in total. The average Bonchev–Trinajstić information content (AvgIpc) is 2.95. The lowest BCUT2D eigenvalue weighted by atomic mass is 10.2. The monoisotopic (exact) mass is 293 g/mol. The van der Waals surface area contributed by atoms with Crippen LogP contribution in [0.5, 0.6) is 5.75 Å². The highest BCUT2D eigenvalue weighted by Crippen LogP contribution is 2.36. The summed E-state index contributed by atoms with van der Waals surface area (Å²) in [4.78, 5) is 23.8. The zero-order valence-corrected chi connectivity index (χ0v) is 11.8. The number of hydrogen-bond acceptors (Lipinski definition) is 5. The first-order valence-corrected chi connectivity index (χ1v) is 7.53. The lowest BCUT2D eigenvalue weighted by Gasteiger charge is -2.25. The second-order valence-electron chi connectivity index (χ2n) is 4.69. The van der Waals surface area contributed by atoms with E-state index >= 15 is 0 Å². The minimum atomic E-state index is -0.527. The highest BCUT2D eigenvalue weighted by atomic mass is 32.2. The van der Waals surface area contributed by atoms with E-state index in [9.17, 15) is 9.59 Å². The Morgan fingerprint density at radius 1 is 1.50 bits per heavy atom. The zero-order chi connectivity index (χ0) is 14.1. The molecule has 3 rings (SSSR count). The number of anilines is 2. The Morgan fingerprint density at radius 3 is 3.10 bits per heavy atom. The molecule has 2 amide bonds. The smallest absolute Gasteiger partial charge is 0.265 e. The third-order valence-electron chi connectivity index (χ3n) is 3.24. The van der Waals surface area contributed by atoms with Crippen molar-refractivity contribution < 1.29 is 14.3 Å². The van der Waals surface area contributed by atoms with Crippen molar-refractivity contribution in [2.75, 3.05) is 22.3 Å². The van der Waals surface area contributed by atoms with Gasteiger partial charge < -0.3 is 15.4 Å². The number of thioether (sulfide) groups is 1. The number of carbonyl (C=O) groups excluding carboxylic acids is 2. The molecule has 0 aliphatic carbocycles. The summed E-state index contributed by atoms with van der Waals surface area (Å²) in [6.07, 6.45) is -0.527. The largest absolute Gasteiger partial charge is 0.479 e. The summed E-state index contributed by atoms with van der Waals surface area (Å²) in [6.45, 7) is 1.68. The van der Waals surface area contributed by atoms with Crippen LogP contribution >= 0.6 is 11.8 Å². The van der Waals surface area contributed by atoms with Crippen molar-refractivity contribution in [1.82, 2.24) is 5.32 Å². The lowest BCUT2D eigenvalue weighted by Crippen LogP contribution is -2.38. The molecule has 1 saturated heterocycles. The second-order valence-corrected chi connectivity index (χ2v) is 5.72. The summed E-state index contributed by atoms with van der Waals surface area (Å²) in [5.41, 5.74) is 1.08. The Kier molecular flexibility index (Phi) is 3.54. The minimum Gasteiger partial charge on any atom is -0.479 e. The van der Waals surface area contributed by atoms with Crippen LogP contribution < -0.4 is 20.7 Å². The maximum atomic E-state index is 12.1. The van der Waals surface area contributed by atoms with E-state index in [0.717, 1.165) is 11.6 Å². The van der Waals surface area contributed by atoms with Crippen molar-refractivity contribution in [3.8, 4) is 5.75 Å². The number of rotatable bonds is 2. The number of benzene rings is 1. The molecule has 2 aliphatic rings. The predicted octanol–water partition coefficient (Wildman–Crippen LogP) is 1.01. The molecule has 2 atom stereocenters. The number of para-hydroxylation sites is 1. The summed E-state index contributed by atoms with van der Waals surface area (Å²) in [6, 6.07) is 5.11. The maximum absolute atomic E-state index is 12.1. The van der Waals surface area contributed by atoms with Gasteiger partial charge in [-0.15, -0.1) is 11.8 Å². The molecular formula is C13H15N3O3S. The second kappa shape index (κ2) is 5.34. The van der Waals surface area contributed by atoms with Gasteiger partial charge in [0, 0.05) is 11.6 Å². The number of nitrogens with one attached hydrogen (secondary N) is 3. The zero-order valence-electron chi connectivity index (χ0n) is 10.9. The normalized spacial score (nSPS) is 24.6. The van der Waals surface area contributed by atoms with Crippen LogP contribution in [-0.2, 0) is 9.59 Å². The van der Waals surface area contributed by atoms with E-state index in [1.165, 1.54) is 0 Å². The molecule has 0 spiro atoms. The van der Waals surface area contributed by atoms with Crippen LogP contribution in [0.1, 0.15) is 6.92 Å². The van der Waals surface area contributed by atoms with E-state index in [1.54, 1.807) is 36.9 Å². The first kappa shape index (κ1) is 13.3. The van der Waals surface area contributed by atoms with Gasteiger partial charge in [-0.25, -0.2) is 0 Å². The molecule has 3 N–H and O–H groups in total. The number of carbonyl (C=O) groups is 2. The first-order chi connectivity index (χ1) is 9.65. The van der Waals surface area contributed by atoms with E-state index < -0.39 is 6.10 Å². The van der Waals surface area contributed by atoms with Crippen molar-refractivity contribution in [2.45, 2.75) is 19.1 Å². The number of amides is 2. The van der Waals surface area contributed by atoms with Crippen molar-refractivity contribution in [2.24, 2.45) is 0 Å². The van der Waals surface area contributed by atoms with Gasteiger partial charge in [-0.2, -0.15) is 0 Å². The summed E-state index contributed by atoms with van der Waals surface area (Å²) in [5.74, 6) is 1.79. The highest BCUT2D eigenvalue weighted by molar-refractivity contribution is 7.99. The fraction of sp³-hybridized carbons (Fsp3) is 0.385. The standard InChI is InChI=1S/C13H15N3O3S/c1-7-12(17)16-11-8(3-2-4-10(11)19-7)15-13(18)9-5-20-6-14-9/h2-4,7,9,14H,5-6H2,1H3,(H,15,18)(H,16,17). The molecule has 0 radical (unpaired) electrons. The van der Waals surface area contributed by atoms with Crippen LogP contribution in [0.4, 0.5) is 11.4 Å². The summed E-state index contributed by atoms with van der Waals surface area (Å²) in [7, 11) is 0. The topological polar surface area (TPSA) is 79.5 Å². The van der Waals surface area contributed by atoms with Crippen LogP contribution in [0.25, 0.3) is 0 Å². The summed E-state index contributed by atoms with van der Waals surface area (Å²) < 4.78 is 5.51. The van der Waals surface area contributed by atoms with Crippen LogP contribution in [0.15, 0.2) is 18.2 Å². The molecule has 2 unspecified atom stereocenters. The van der Waals surface area contributed by atoms with Gasteiger partial charge in [0.25, 0.3) is 5.91 Å². The van der Waals surface area contributed by atoms with Crippen molar-refractivity contribution in [1.29, 1.82) is 0 Å². The first-order valence-electron chi connectivity index (χ1n) is 6.37. The van der Waals surface area contributed by atoms with Gasteiger partial charge in [-0.05, 0) is 19.1 Å². The van der Waals surface area contributed by atoms with Crippen LogP contribution in [0.3, 0.4) is 0 Å². The molecule has 20 heavy (non-hydrogen) atoms. The molecule has 2 heterocycles. The van der Waals surface area contributed by atoms with E-state index in [-0.39, 0.29) is 17.9 Å². The Labute approximate surface area is 120 Å². The Hall–Kier alpha value is -1.73. The molecule has 1 aromatic rings. The van der Waals surface area contributed by atoms with E-state index in [0.29, 0.717) is 17.1 Å². The van der Waals surface area contributed by atoms with E-state index in [2.05, 4.69) is 16.0 Å². The molecule has 0 bridgehead atoms. The predicted molar refractivity (Wildman–Crippen MR) is 78.0 cm³/mol. The SMILES string of the molecule is CC1Oc2cccc(NC(=O)C3CSCN3)c2NC1=O. The number of hydrogen-bond donors (Lipinski definition) is 3. The summed E-state index contributed by atoms with van der Waals surface area (Å²) in [5, 5.41) is 8.71. The van der Waals surface area contributed by atoms with Crippen LogP contribution in [-0.4, -0.2) is 35.6 Å². The van der Waals surface area contributed by atoms with Gasteiger partial charge in [0.05, 0.1) is 11.7 Å². The molecule has 1 fully saturated rings. The summed E-state index contributed by atoms with van der Waals surface area (Å²) >= 11 is 1.68. The average molecular weight is 293 g/mol. The van der Waals surface area contributed by atoms with Gasteiger partial charge >= 0.3 is 0 Å². The minimum absolute atomic E-state index is 0.101. The van der Waals surface area contributed by atoms with Gasteiger partial charge in [0.2, 0.25) is 5.91 Å². The third kappa shape index (κ3) is 2.46. The van der Waals surface area contributed by atoms with Crippen molar-refractivity contribution in [3.63, 3.8) is 0 Å². The molecule has 106 valence electrons. The van der Waals surface area contributed by atoms with Gasteiger partial charge in [0.1, 0.15) is 11.4 Å². The fourth-order valence-electron chi connectivity index (χ4n) is 2.11. The highest BCUT2D eigenvalue weighted by Gasteiger charge is 2.28. The van der Waals surface area contributed by atoms with Gasteiger partial charge in [0.15, 0.2) is 6.10 Å².